The molecule has 98 valence electrons. The minimum Gasteiger partial charge on any atom is -0.399 e. The SMILES string of the molecule is CCN(Cc1cn2ccsc2n1)c1ccc(N)cc1. The molecule has 0 aliphatic heterocycles. The van der Waals surface area contributed by atoms with Gasteiger partial charge in [0.2, 0.25) is 0 Å². The van der Waals surface area contributed by atoms with Crippen molar-refractivity contribution in [3.05, 3.63) is 47.7 Å². The first-order valence-corrected chi connectivity index (χ1v) is 7.16. The maximum absolute atomic E-state index is 5.73. The summed E-state index contributed by atoms with van der Waals surface area (Å²) >= 11 is 1.66. The van der Waals surface area contributed by atoms with Crippen LogP contribution in [0.25, 0.3) is 4.96 Å². The molecule has 0 spiro atoms. The highest BCUT2D eigenvalue weighted by Crippen LogP contribution is 2.19. The Morgan fingerprint density at radius 1 is 1.32 bits per heavy atom. The minimum absolute atomic E-state index is 0.794. The van der Waals surface area contributed by atoms with Gasteiger partial charge in [-0.25, -0.2) is 4.98 Å². The fourth-order valence-electron chi connectivity index (χ4n) is 2.12. The molecule has 3 rings (SSSR count). The van der Waals surface area contributed by atoms with E-state index in [4.69, 9.17) is 5.73 Å². The third kappa shape index (κ3) is 2.42. The molecule has 3 aromatic rings. The van der Waals surface area contributed by atoms with E-state index in [1.807, 2.05) is 23.7 Å². The van der Waals surface area contributed by atoms with Crippen molar-refractivity contribution in [3.63, 3.8) is 0 Å². The van der Waals surface area contributed by atoms with Crippen molar-refractivity contribution >= 4 is 27.7 Å². The van der Waals surface area contributed by atoms with Gasteiger partial charge >= 0.3 is 0 Å². The van der Waals surface area contributed by atoms with E-state index in [0.717, 1.165) is 29.4 Å². The quantitative estimate of drug-likeness (QED) is 0.743. The van der Waals surface area contributed by atoms with Crippen LogP contribution in [0.1, 0.15) is 12.6 Å². The average Bonchev–Trinajstić information content (AvgIpc) is 2.98. The van der Waals surface area contributed by atoms with Crippen molar-refractivity contribution in [2.45, 2.75) is 13.5 Å². The van der Waals surface area contributed by atoms with Gasteiger partial charge in [-0.1, -0.05) is 0 Å². The summed E-state index contributed by atoms with van der Waals surface area (Å²) in [6.45, 7) is 3.90. The van der Waals surface area contributed by atoms with Gasteiger partial charge in [0.05, 0.1) is 12.2 Å². The number of hydrogen-bond donors (Lipinski definition) is 1. The molecule has 0 unspecified atom stereocenters. The van der Waals surface area contributed by atoms with Crippen molar-refractivity contribution in [3.8, 4) is 0 Å². The first kappa shape index (κ1) is 12.0. The molecule has 2 N–H and O–H groups in total. The lowest BCUT2D eigenvalue weighted by Crippen LogP contribution is -2.22. The zero-order valence-corrected chi connectivity index (χ0v) is 11.6. The van der Waals surface area contributed by atoms with E-state index in [1.165, 1.54) is 5.69 Å². The summed E-state index contributed by atoms with van der Waals surface area (Å²) < 4.78 is 2.07. The fraction of sp³-hybridized carbons (Fsp3) is 0.214. The minimum atomic E-state index is 0.794. The van der Waals surface area contributed by atoms with Gasteiger partial charge in [0.1, 0.15) is 0 Å². The molecule has 0 radical (unpaired) electrons. The zero-order chi connectivity index (χ0) is 13.2. The van der Waals surface area contributed by atoms with Crippen LogP contribution in [0.2, 0.25) is 0 Å². The first-order chi connectivity index (χ1) is 9.26. The van der Waals surface area contributed by atoms with Crippen LogP contribution >= 0.6 is 11.3 Å². The molecule has 0 bridgehead atoms. The van der Waals surface area contributed by atoms with Crippen molar-refractivity contribution in [2.24, 2.45) is 0 Å². The van der Waals surface area contributed by atoms with Crippen molar-refractivity contribution in [1.29, 1.82) is 0 Å². The van der Waals surface area contributed by atoms with Crippen molar-refractivity contribution in [2.75, 3.05) is 17.2 Å². The number of imidazole rings is 1. The second kappa shape index (κ2) is 4.93. The second-order valence-electron chi connectivity index (χ2n) is 4.43. The van der Waals surface area contributed by atoms with Crippen LogP contribution in [-0.2, 0) is 6.54 Å². The topological polar surface area (TPSA) is 46.6 Å². The number of fused-ring (bicyclic) bond motifs is 1. The van der Waals surface area contributed by atoms with E-state index >= 15 is 0 Å². The summed E-state index contributed by atoms with van der Waals surface area (Å²) in [6.07, 6.45) is 4.13. The number of benzene rings is 1. The molecule has 0 aliphatic carbocycles. The van der Waals surface area contributed by atoms with Crippen LogP contribution in [-0.4, -0.2) is 15.9 Å². The summed E-state index contributed by atoms with van der Waals surface area (Å²) in [5, 5.41) is 2.05. The predicted molar refractivity (Wildman–Crippen MR) is 80.6 cm³/mol. The number of rotatable bonds is 4. The molecule has 2 heterocycles. The van der Waals surface area contributed by atoms with Crippen LogP contribution in [0.5, 0.6) is 0 Å². The smallest absolute Gasteiger partial charge is 0.193 e. The molecule has 1 aromatic carbocycles. The van der Waals surface area contributed by atoms with E-state index in [0.29, 0.717) is 0 Å². The summed E-state index contributed by atoms with van der Waals surface area (Å²) in [5.74, 6) is 0. The van der Waals surface area contributed by atoms with Gasteiger partial charge in [-0.05, 0) is 31.2 Å². The van der Waals surface area contributed by atoms with Crippen molar-refractivity contribution in [1.82, 2.24) is 9.38 Å². The molecule has 0 atom stereocenters. The Kier molecular flexibility index (Phi) is 3.13. The van der Waals surface area contributed by atoms with Crippen LogP contribution in [0.4, 0.5) is 11.4 Å². The zero-order valence-electron chi connectivity index (χ0n) is 10.8. The largest absolute Gasteiger partial charge is 0.399 e. The lowest BCUT2D eigenvalue weighted by molar-refractivity contribution is 0.816. The number of nitrogens with two attached hydrogens (primary N) is 1. The number of hydrogen-bond acceptors (Lipinski definition) is 4. The third-order valence-corrected chi connectivity index (χ3v) is 3.91. The van der Waals surface area contributed by atoms with Gasteiger partial charge in [0, 0.05) is 35.7 Å². The van der Waals surface area contributed by atoms with Gasteiger partial charge in [0.15, 0.2) is 4.96 Å². The van der Waals surface area contributed by atoms with E-state index in [9.17, 15) is 0 Å². The van der Waals surface area contributed by atoms with E-state index in [2.05, 4.69) is 39.5 Å². The Labute approximate surface area is 116 Å². The van der Waals surface area contributed by atoms with E-state index in [-0.39, 0.29) is 0 Å². The monoisotopic (exact) mass is 272 g/mol. The van der Waals surface area contributed by atoms with Crippen LogP contribution in [0, 0.1) is 0 Å². The molecule has 5 heteroatoms. The summed E-state index contributed by atoms with van der Waals surface area (Å²) in [6, 6.07) is 7.97. The third-order valence-electron chi connectivity index (χ3n) is 3.14. The number of nitrogen functional groups attached to an aromatic ring is 1. The standard InChI is InChI=1S/C14H16N4S/c1-2-17(13-5-3-11(15)4-6-13)9-12-10-18-7-8-19-14(18)16-12/h3-8,10H,2,9,15H2,1H3. The van der Waals surface area contributed by atoms with Crippen LogP contribution in [0.15, 0.2) is 42.0 Å². The Morgan fingerprint density at radius 3 is 2.79 bits per heavy atom. The normalized spacial score (nSPS) is 11.0. The maximum Gasteiger partial charge on any atom is 0.193 e. The highest BCUT2D eigenvalue weighted by molar-refractivity contribution is 7.15. The molecular formula is C14H16N4S. The number of thiazole rings is 1. The second-order valence-corrected chi connectivity index (χ2v) is 5.30. The molecule has 2 aromatic heterocycles. The number of nitrogens with zero attached hydrogens (tertiary/aromatic N) is 3. The fourth-order valence-corrected chi connectivity index (χ4v) is 2.84. The van der Waals surface area contributed by atoms with Crippen LogP contribution in [0.3, 0.4) is 0 Å². The molecule has 19 heavy (non-hydrogen) atoms. The Morgan fingerprint density at radius 2 is 2.11 bits per heavy atom. The van der Waals surface area contributed by atoms with Gasteiger partial charge in [-0.2, -0.15) is 0 Å². The van der Waals surface area contributed by atoms with E-state index in [1.54, 1.807) is 11.3 Å². The molecule has 0 amide bonds. The van der Waals surface area contributed by atoms with Crippen LogP contribution < -0.4 is 10.6 Å². The Bertz CT molecular complexity index is 640. The first-order valence-electron chi connectivity index (χ1n) is 6.28. The number of anilines is 2. The molecule has 0 fully saturated rings. The summed E-state index contributed by atoms with van der Waals surface area (Å²) in [4.78, 5) is 7.95. The van der Waals surface area contributed by atoms with Gasteiger partial charge in [0.25, 0.3) is 0 Å². The highest BCUT2D eigenvalue weighted by Gasteiger charge is 2.08. The summed E-state index contributed by atoms with van der Waals surface area (Å²) in [7, 11) is 0. The van der Waals surface area contributed by atoms with Gasteiger partial charge in [-0.3, -0.25) is 4.40 Å². The molecule has 0 saturated carbocycles. The average molecular weight is 272 g/mol. The van der Waals surface area contributed by atoms with Crippen molar-refractivity contribution < 1.29 is 0 Å². The molecule has 4 nitrogen and oxygen atoms in total. The number of aromatic nitrogens is 2. The molecule has 0 saturated heterocycles. The van der Waals surface area contributed by atoms with E-state index < -0.39 is 0 Å². The highest BCUT2D eigenvalue weighted by atomic mass is 32.1. The molecular weight excluding hydrogens is 256 g/mol. The predicted octanol–water partition coefficient (Wildman–Crippen LogP) is 3.00. The Hall–Kier alpha value is -2.01. The lowest BCUT2D eigenvalue weighted by atomic mass is 10.2. The van der Waals surface area contributed by atoms with Gasteiger partial charge < -0.3 is 10.6 Å². The Balaban J connectivity index is 1.83. The van der Waals surface area contributed by atoms with Gasteiger partial charge in [-0.15, -0.1) is 11.3 Å². The molecule has 0 aliphatic rings. The summed E-state index contributed by atoms with van der Waals surface area (Å²) in [5.41, 5.74) is 8.78. The maximum atomic E-state index is 5.73. The lowest BCUT2D eigenvalue weighted by Gasteiger charge is -2.22.